The van der Waals surface area contributed by atoms with Crippen LogP contribution in [0.1, 0.15) is 32.6 Å². The highest BCUT2D eigenvalue weighted by Crippen LogP contribution is 2.23. The van der Waals surface area contributed by atoms with Crippen LogP contribution in [0.3, 0.4) is 0 Å². The molecule has 0 amide bonds. The maximum atomic E-state index is 11.9. The molecule has 84 valence electrons. The highest BCUT2D eigenvalue weighted by molar-refractivity contribution is 4.96. The number of halogens is 3. The molecular weight excluding hydrogens is 193 g/mol. The third-order valence-electron chi connectivity index (χ3n) is 2.05. The van der Waals surface area contributed by atoms with Crippen molar-refractivity contribution < 1.29 is 13.2 Å². The van der Waals surface area contributed by atoms with E-state index in [1.165, 1.54) is 0 Å². The van der Waals surface area contributed by atoms with Gasteiger partial charge in [-0.25, -0.2) is 0 Å². The van der Waals surface area contributed by atoms with Gasteiger partial charge in [0.2, 0.25) is 0 Å². The van der Waals surface area contributed by atoms with E-state index in [0.717, 1.165) is 12.0 Å². The molecular formula is C9H17F3N2. The molecule has 0 aliphatic carbocycles. The molecule has 3 N–H and O–H groups in total. The standard InChI is InChI=1S/C9H17F3N2/c1-3-7(2)6-8(14-13)4-5-9(10,11)12/h8,14H,2-6,13H2,1H3. The monoisotopic (exact) mass is 210 g/mol. The van der Waals surface area contributed by atoms with E-state index in [4.69, 9.17) is 5.84 Å². The predicted octanol–water partition coefficient (Wildman–Crippen LogP) is 2.52. The molecule has 0 aromatic rings. The van der Waals surface area contributed by atoms with Gasteiger partial charge in [0, 0.05) is 12.5 Å². The second-order valence-electron chi connectivity index (χ2n) is 3.33. The van der Waals surface area contributed by atoms with Gasteiger partial charge < -0.3 is 0 Å². The van der Waals surface area contributed by atoms with Gasteiger partial charge in [-0.15, -0.1) is 0 Å². The SMILES string of the molecule is C=C(CC)CC(CCC(F)(F)F)NN. The number of nitrogens with one attached hydrogen (secondary N) is 1. The Morgan fingerprint density at radius 2 is 2.07 bits per heavy atom. The molecule has 0 aromatic heterocycles. The van der Waals surface area contributed by atoms with Crippen molar-refractivity contribution in [1.29, 1.82) is 0 Å². The minimum absolute atomic E-state index is 0.000972. The van der Waals surface area contributed by atoms with E-state index in [0.29, 0.717) is 6.42 Å². The fourth-order valence-corrected chi connectivity index (χ4v) is 1.08. The molecule has 1 unspecified atom stereocenters. The zero-order chi connectivity index (χ0) is 11.2. The van der Waals surface area contributed by atoms with Gasteiger partial charge in [0.05, 0.1) is 0 Å². The summed E-state index contributed by atoms with van der Waals surface area (Å²) in [5, 5.41) is 0. The van der Waals surface area contributed by atoms with E-state index in [2.05, 4.69) is 12.0 Å². The number of nitrogens with two attached hydrogens (primary N) is 1. The van der Waals surface area contributed by atoms with Gasteiger partial charge in [-0.1, -0.05) is 19.1 Å². The van der Waals surface area contributed by atoms with Crippen LogP contribution in [0.2, 0.25) is 0 Å². The Hall–Kier alpha value is -0.550. The molecule has 0 heterocycles. The fraction of sp³-hybridized carbons (Fsp3) is 0.778. The molecule has 0 bridgehead atoms. The minimum Gasteiger partial charge on any atom is -0.271 e. The summed E-state index contributed by atoms with van der Waals surface area (Å²) in [4.78, 5) is 0. The second kappa shape index (κ2) is 6.03. The normalized spacial score (nSPS) is 14.1. The molecule has 0 aliphatic heterocycles. The highest BCUT2D eigenvalue weighted by Gasteiger charge is 2.28. The van der Waals surface area contributed by atoms with Crippen LogP contribution in [-0.2, 0) is 0 Å². The molecule has 0 fully saturated rings. The fourth-order valence-electron chi connectivity index (χ4n) is 1.08. The first-order chi connectivity index (χ1) is 6.39. The van der Waals surface area contributed by atoms with Crippen LogP contribution in [0.5, 0.6) is 0 Å². The average Bonchev–Trinajstić information content (AvgIpc) is 2.10. The molecule has 0 aliphatic rings. The van der Waals surface area contributed by atoms with Gasteiger partial charge in [-0.2, -0.15) is 13.2 Å². The number of alkyl halides is 3. The van der Waals surface area contributed by atoms with Gasteiger partial charge in [0.25, 0.3) is 0 Å². The Balaban J connectivity index is 3.86. The zero-order valence-corrected chi connectivity index (χ0v) is 8.32. The molecule has 0 aromatic carbocycles. The van der Waals surface area contributed by atoms with E-state index >= 15 is 0 Å². The molecule has 0 saturated carbocycles. The molecule has 0 spiro atoms. The molecule has 2 nitrogen and oxygen atoms in total. The summed E-state index contributed by atoms with van der Waals surface area (Å²) in [7, 11) is 0. The quantitative estimate of drug-likeness (QED) is 0.401. The Kier molecular flexibility index (Phi) is 5.79. The smallest absolute Gasteiger partial charge is 0.271 e. The van der Waals surface area contributed by atoms with Crippen LogP contribution in [-0.4, -0.2) is 12.2 Å². The summed E-state index contributed by atoms with van der Waals surface area (Å²) in [6.07, 6.45) is -3.65. The van der Waals surface area contributed by atoms with Crippen LogP contribution < -0.4 is 11.3 Å². The van der Waals surface area contributed by atoms with Crippen molar-refractivity contribution in [3.63, 3.8) is 0 Å². The van der Waals surface area contributed by atoms with Gasteiger partial charge >= 0.3 is 6.18 Å². The lowest BCUT2D eigenvalue weighted by atomic mass is 10.0. The molecule has 14 heavy (non-hydrogen) atoms. The van der Waals surface area contributed by atoms with Gasteiger partial charge in [0.1, 0.15) is 0 Å². The van der Waals surface area contributed by atoms with Crippen molar-refractivity contribution in [2.24, 2.45) is 5.84 Å². The first kappa shape index (κ1) is 13.4. The summed E-state index contributed by atoms with van der Waals surface area (Å²) in [6.45, 7) is 5.64. The second-order valence-corrected chi connectivity index (χ2v) is 3.33. The Morgan fingerprint density at radius 3 is 2.43 bits per heavy atom. The van der Waals surface area contributed by atoms with E-state index < -0.39 is 12.6 Å². The topological polar surface area (TPSA) is 38.0 Å². The van der Waals surface area contributed by atoms with Crippen molar-refractivity contribution >= 4 is 0 Å². The maximum Gasteiger partial charge on any atom is 0.389 e. The van der Waals surface area contributed by atoms with Crippen molar-refractivity contribution in [2.45, 2.75) is 44.8 Å². The number of hydrazine groups is 1. The van der Waals surface area contributed by atoms with E-state index in [1.54, 1.807) is 0 Å². The zero-order valence-electron chi connectivity index (χ0n) is 8.32. The Morgan fingerprint density at radius 1 is 1.50 bits per heavy atom. The predicted molar refractivity (Wildman–Crippen MR) is 50.4 cm³/mol. The van der Waals surface area contributed by atoms with Crippen molar-refractivity contribution in [3.05, 3.63) is 12.2 Å². The number of hydrogen-bond acceptors (Lipinski definition) is 2. The van der Waals surface area contributed by atoms with Crippen LogP contribution in [0, 0.1) is 0 Å². The van der Waals surface area contributed by atoms with E-state index in [9.17, 15) is 13.2 Å². The third kappa shape index (κ3) is 6.91. The first-order valence-corrected chi connectivity index (χ1v) is 4.58. The summed E-state index contributed by atoms with van der Waals surface area (Å²) in [5.74, 6) is 5.15. The van der Waals surface area contributed by atoms with E-state index in [1.807, 2.05) is 6.92 Å². The van der Waals surface area contributed by atoms with Crippen LogP contribution in [0.15, 0.2) is 12.2 Å². The number of rotatable bonds is 6. The highest BCUT2D eigenvalue weighted by atomic mass is 19.4. The van der Waals surface area contributed by atoms with Crippen LogP contribution in [0.25, 0.3) is 0 Å². The van der Waals surface area contributed by atoms with Gasteiger partial charge in [-0.3, -0.25) is 11.3 Å². The van der Waals surface area contributed by atoms with Gasteiger partial charge in [0.15, 0.2) is 0 Å². The van der Waals surface area contributed by atoms with Crippen LogP contribution >= 0.6 is 0 Å². The lowest BCUT2D eigenvalue weighted by Crippen LogP contribution is -2.36. The maximum absolute atomic E-state index is 11.9. The van der Waals surface area contributed by atoms with Crippen molar-refractivity contribution in [2.75, 3.05) is 0 Å². The third-order valence-corrected chi connectivity index (χ3v) is 2.05. The lowest BCUT2D eigenvalue weighted by Gasteiger charge is -2.17. The summed E-state index contributed by atoms with van der Waals surface area (Å²) in [5.41, 5.74) is 3.29. The van der Waals surface area contributed by atoms with E-state index in [-0.39, 0.29) is 12.5 Å². The largest absolute Gasteiger partial charge is 0.389 e. The van der Waals surface area contributed by atoms with Crippen molar-refractivity contribution in [3.8, 4) is 0 Å². The molecule has 0 radical (unpaired) electrons. The summed E-state index contributed by atoms with van der Waals surface area (Å²) >= 11 is 0. The van der Waals surface area contributed by atoms with Crippen LogP contribution in [0.4, 0.5) is 13.2 Å². The molecule has 5 heteroatoms. The summed E-state index contributed by atoms with van der Waals surface area (Å²) in [6, 6.07) is -0.330. The molecule has 0 saturated heterocycles. The molecule has 0 rings (SSSR count). The average molecular weight is 210 g/mol. The lowest BCUT2D eigenvalue weighted by molar-refractivity contribution is -0.136. The first-order valence-electron chi connectivity index (χ1n) is 4.58. The summed E-state index contributed by atoms with van der Waals surface area (Å²) < 4.78 is 35.6. The Bertz CT molecular complexity index is 177. The Labute approximate surface area is 82.3 Å². The minimum atomic E-state index is -4.11. The number of hydrogen-bond donors (Lipinski definition) is 2. The van der Waals surface area contributed by atoms with Crippen molar-refractivity contribution in [1.82, 2.24) is 5.43 Å². The molecule has 1 atom stereocenters. The van der Waals surface area contributed by atoms with Gasteiger partial charge in [-0.05, 0) is 19.3 Å².